The molecule has 0 bridgehead atoms. The molecule has 14 aromatic carbocycles. The zero-order valence-electron chi connectivity index (χ0n) is 40.4. The molecule has 0 atom stereocenters. The number of ether oxygens (including phenoxy) is 2. The van der Waals surface area contributed by atoms with Crippen molar-refractivity contribution in [2.75, 3.05) is 0 Å². The Balaban J connectivity index is 0.825. The van der Waals surface area contributed by atoms with E-state index in [0.717, 1.165) is 67.5 Å². The lowest BCUT2D eigenvalue weighted by Crippen LogP contribution is -2.15. The number of fused-ring (bicyclic) bond motifs is 3. The molecule has 0 N–H and O–H groups in total. The number of hydrogen-bond donors (Lipinski definition) is 0. The summed E-state index contributed by atoms with van der Waals surface area (Å²) in [5, 5.41) is 15.3. The van der Waals surface area contributed by atoms with Gasteiger partial charge in [0.05, 0.1) is 0 Å². The van der Waals surface area contributed by atoms with Crippen LogP contribution in [-0.2, 0) is 5.41 Å². The zero-order valence-corrected chi connectivity index (χ0v) is 40.4. The summed E-state index contributed by atoms with van der Waals surface area (Å²) in [6, 6.07) is 88.3. The first-order valence-corrected chi connectivity index (χ1v) is 25.3. The second kappa shape index (κ2) is 15.9. The third-order valence-corrected chi connectivity index (χ3v) is 15.7. The fraction of sp³-hybridized carbons (Fsp3) is 0.0423. The topological polar surface area (TPSA) is 18.5 Å². The molecule has 1 aliphatic carbocycles. The fourth-order valence-corrected chi connectivity index (χ4v) is 12.2. The van der Waals surface area contributed by atoms with Gasteiger partial charge in [-0.25, -0.2) is 0 Å². The normalized spacial score (nSPS) is 12.9. The molecule has 0 radical (unpaired) electrons. The van der Waals surface area contributed by atoms with Gasteiger partial charge in [0, 0.05) is 5.41 Å². The van der Waals surface area contributed by atoms with Gasteiger partial charge in [-0.15, -0.1) is 0 Å². The van der Waals surface area contributed by atoms with E-state index < -0.39 is 0 Å². The first-order valence-electron chi connectivity index (χ1n) is 25.3. The van der Waals surface area contributed by atoms with Gasteiger partial charge in [0.2, 0.25) is 0 Å². The van der Waals surface area contributed by atoms with E-state index in [1.165, 1.54) is 86.9 Å². The van der Waals surface area contributed by atoms with Crippen LogP contribution in [-0.4, -0.2) is 0 Å². The molecule has 2 nitrogen and oxygen atoms in total. The van der Waals surface area contributed by atoms with E-state index in [1.807, 2.05) is 60.7 Å². The molecule has 73 heavy (non-hydrogen) atoms. The van der Waals surface area contributed by atoms with E-state index in [4.69, 9.17) is 9.47 Å². The molecule has 0 amide bonds. The molecular formula is C71H46O2. The fourth-order valence-electron chi connectivity index (χ4n) is 12.2. The molecule has 0 saturated heterocycles. The largest absolute Gasteiger partial charge is 0.457 e. The van der Waals surface area contributed by atoms with Crippen LogP contribution in [0.3, 0.4) is 0 Å². The summed E-state index contributed by atoms with van der Waals surface area (Å²) >= 11 is 0. The van der Waals surface area contributed by atoms with Crippen LogP contribution in [0.2, 0.25) is 0 Å². The Hall–Kier alpha value is -9.24. The van der Waals surface area contributed by atoms with Gasteiger partial charge in [0.25, 0.3) is 0 Å². The summed E-state index contributed by atoms with van der Waals surface area (Å²) in [6.45, 7) is 4.75. The van der Waals surface area contributed by atoms with Gasteiger partial charge in [-0.3, -0.25) is 0 Å². The van der Waals surface area contributed by atoms with Crippen LogP contribution in [0.25, 0.3) is 120 Å². The summed E-state index contributed by atoms with van der Waals surface area (Å²) in [4.78, 5) is 0. The van der Waals surface area contributed by atoms with E-state index in [2.05, 4.69) is 196 Å². The maximum Gasteiger partial charge on any atom is 0.128 e. The van der Waals surface area contributed by atoms with Crippen molar-refractivity contribution in [1.29, 1.82) is 0 Å². The predicted molar refractivity (Wildman–Crippen MR) is 306 cm³/mol. The lowest BCUT2D eigenvalue weighted by atomic mass is 9.80. The van der Waals surface area contributed by atoms with Crippen molar-refractivity contribution in [2.24, 2.45) is 0 Å². The van der Waals surface area contributed by atoms with Crippen molar-refractivity contribution in [3.05, 3.63) is 254 Å². The first-order chi connectivity index (χ1) is 35.8. The molecular weight excluding hydrogens is 885 g/mol. The van der Waals surface area contributed by atoms with E-state index >= 15 is 0 Å². The second-order valence-corrected chi connectivity index (χ2v) is 20.5. The number of hydrogen-bond acceptors (Lipinski definition) is 2. The van der Waals surface area contributed by atoms with Crippen LogP contribution in [0.5, 0.6) is 23.0 Å². The van der Waals surface area contributed by atoms with E-state index in [9.17, 15) is 0 Å². The average Bonchev–Trinajstić information content (AvgIpc) is 3.66. The van der Waals surface area contributed by atoms with Crippen molar-refractivity contribution in [3.63, 3.8) is 0 Å². The van der Waals surface area contributed by atoms with E-state index in [1.54, 1.807) is 0 Å². The van der Waals surface area contributed by atoms with Crippen LogP contribution in [0.4, 0.5) is 0 Å². The number of rotatable bonds is 8. The smallest absolute Gasteiger partial charge is 0.128 e. The van der Waals surface area contributed by atoms with Crippen LogP contribution < -0.4 is 9.47 Å². The Kier molecular flexibility index (Phi) is 9.04. The summed E-state index contributed by atoms with van der Waals surface area (Å²) in [5.41, 5.74) is 14.0. The molecule has 14 aromatic rings. The molecule has 0 saturated carbocycles. The van der Waals surface area contributed by atoms with Gasteiger partial charge in [-0.1, -0.05) is 159 Å². The second-order valence-electron chi connectivity index (χ2n) is 20.5. The van der Waals surface area contributed by atoms with Crippen LogP contribution in [0.1, 0.15) is 25.0 Å². The van der Waals surface area contributed by atoms with Gasteiger partial charge < -0.3 is 9.47 Å². The third-order valence-electron chi connectivity index (χ3n) is 15.7. The van der Waals surface area contributed by atoms with Crippen molar-refractivity contribution in [3.8, 4) is 78.6 Å². The SMILES string of the molecule is CC1(C)c2cc(-c3cc(Oc4ccccc4)cc(-c4cc5ccc6cccc7ccc(c4)c5c67)c3)ccc2-c2ccc(-c3cc(Oc4ccccc4)cc(-c4cc5ccc6cccc7ccc(c4)c5c67)c3)cc21. The average molecular weight is 931 g/mol. The minimum Gasteiger partial charge on any atom is -0.457 e. The highest BCUT2D eigenvalue weighted by Gasteiger charge is 2.36. The van der Waals surface area contributed by atoms with Crippen LogP contribution in [0, 0.1) is 0 Å². The molecule has 1 aliphatic rings. The summed E-state index contributed by atoms with van der Waals surface area (Å²) in [7, 11) is 0. The van der Waals surface area contributed by atoms with E-state index in [0.29, 0.717) is 0 Å². The lowest BCUT2D eigenvalue weighted by Gasteiger charge is -2.23. The highest BCUT2D eigenvalue weighted by molar-refractivity contribution is 6.25. The molecule has 0 fully saturated rings. The minimum atomic E-state index is -0.275. The summed E-state index contributed by atoms with van der Waals surface area (Å²) in [5.74, 6) is 3.22. The van der Waals surface area contributed by atoms with Gasteiger partial charge in [-0.05, 0) is 228 Å². The van der Waals surface area contributed by atoms with Gasteiger partial charge in [0.1, 0.15) is 23.0 Å². The van der Waals surface area contributed by atoms with Crippen molar-refractivity contribution in [1.82, 2.24) is 0 Å². The summed E-state index contributed by atoms with van der Waals surface area (Å²) < 4.78 is 13.3. The molecule has 0 heterocycles. The quantitative estimate of drug-likeness (QED) is 0.141. The Morgan fingerprint density at radius 1 is 0.233 bits per heavy atom. The minimum absolute atomic E-state index is 0.275. The molecule has 0 aromatic heterocycles. The third kappa shape index (κ3) is 6.79. The number of para-hydroxylation sites is 2. The zero-order chi connectivity index (χ0) is 48.4. The maximum absolute atomic E-state index is 6.65. The molecule has 0 unspecified atom stereocenters. The Morgan fingerprint density at radius 2 is 0.548 bits per heavy atom. The predicted octanol–water partition coefficient (Wildman–Crippen LogP) is 20.0. The molecule has 342 valence electrons. The Labute approximate surface area is 423 Å². The van der Waals surface area contributed by atoms with Gasteiger partial charge >= 0.3 is 0 Å². The van der Waals surface area contributed by atoms with Crippen molar-refractivity contribution < 1.29 is 9.47 Å². The van der Waals surface area contributed by atoms with Gasteiger partial charge in [0.15, 0.2) is 0 Å². The monoisotopic (exact) mass is 930 g/mol. The highest BCUT2D eigenvalue weighted by atomic mass is 16.5. The van der Waals surface area contributed by atoms with Crippen LogP contribution in [0.15, 0.2) is 243 Å². The number of benzene rings is 14. The molecule has 15 rings (SSSR count). The lowest BCUT2D eigenvalue weighted by molar-refractivity contribution is 0.483. The maximum atomic E-state index is 6.65. The van der Waals surface area contributed by atoms with Gasteiger partial charge in [-0.2, -0.15) is 0 Å². The van der Waals surface area contributed by atoms with Crippen molar-refractivity contribution >= 4 is 64.6 Å². The highest BCUT2D eigenvalue weighted by Crippen LogP contribution is 2.52. The first kappa shape index (κ1) is 41.5. The van der Waals surface area contributed by atoms with E-state index in [-0.39, 0.29) is 5.41 Å². The molecule has 0 spiro atoms. The summed E-state index contributed by atoms with van der Waals surface area (Å²) in [6.07, 6.45) is 0. The standard InChI is InChI=1S/C71H46O2/c1-71(2)65-41-47(55-35-57(39-61(37-55)72-59-15-5-3-6-16-59)53-31-49-23-19-43-11-9-12-44-20-24-50(32-53)69(49)67(43)44)27-29-63(65)64-30-28-48(42-66(64)71)56-36-58(40-62(38-56)73-60-17-7-4-8-18-60)54-33-51-25-21-45-13-10-14-46-22-26-52(34-54)70(51)68(45)46/h3-42H,1-2H3. The molecule has 0 aliphatic heterocycles. The van der Waals surface area contributed by atoms with Crippen LogP contribution >= 0.6 is 0 Å². The van der Waals surface area contributed by atoms with Crippen molar-refractivity contribution in [2.45, 2.75) is 19.3 Å². The molecule has 2 heteroatoms. The Morgan fingerprint density at radius 3 is 0.918 bits per heavy atom. The Bertz CT molecular complexity index is 4090.